The fourth-order valence-corrected chi connectivity index (χ4v) is 3.07. The van der Waals surface area contributed by atoms with Crippen LogP contribution in [0.3, 0.4) is 0 Å². The zero-order chi connectivity index (χ0) is 15.0. The Morgan fingerprint density at radius 2 is 1.90 bits per heavy atom. The second-order valence-electron chi connectivity index (χ2n) is 5.75. The Morgan fingerprint density at radius 1 is 1.25 bits per heavy atom. The molecular weight excluding hydrogens is 269 g/mol. The number of alkyl halides is 3. The lowest BCUT2D eigenvalue weighted by atomic mass is 9.69. The average molecular weight is 288 g/mol. The SMILES string of the molecule is CC1CCC(O)(c2ccccc2OC(F)(F)F)C(C)C1. The van der Waals surface area contributed by atoms with E-state index in [1.165, 1.54) is 18.2 Å². The molecular formula is C15H19F3O2. The van der Waals surface area contributed by atoms with Gasteiger partial charge in [0.05, 0.1) is 5.60 Å². The zero-order valence-corrected chi connectivity index (χ0v) is 11.6. The molecule has 0 heterocycles. The maximum Gasteiger partial charge on any atom is 0.573 e. The van der Waals surface area contributed by atoms with E-state index in [2.05, 4.69) is 11.7 Å². The minimum Gasteiger partial charge on any atom is -0.405 e. The third-order valence-electron chi connectivity index (χ3n) is 4.17. The summed E-state index contributed by atoms with van der Waals surface area (Å²) in [6.07, 6.45) is -2.72. The summed E-state index contributed by atoms with van der Waals surface area (Å²) in [7, 11) is 0. The van der Waals surface area contributed by atoms with Gasteiger partial charge in [-0.3, -0.25) is 0 Å². The molecule has 0 bridgehead atoms. The predicted octanol–water partition coefficient (Wildman–Crippen LogP) is 4.23. The van der Waals surface area contributed by atoms with Gasteiger partial charge in [-0.05, 0) is 37.2 Å². The van der Waals surface area contributed by atoms with Crippen LogP contribution in [-0.4, -0.2) is 11.5 Å². The molecule has 3 unspecified atom stereocenters. The Morgan fingerprint density at radius 3 is 2.50 bits per heavy atom. The number of halogens is 3. The number of hydrogen-bond acceptors (Lipinski definition) is 2. The molecule has 0 radical (unpaired) electrons. The molecule has 0 aliphatic heterocycles. The second kappa shape index (κ2) is 5.28. The van der Waals surface area contributed by atoms with Gasteiger partial charge >= 0.3 is 6.36 Å². The number of hydrogen-bond donors (Lipinski definition) is 1. The summed E-state index contributed by atoms with van der Waals surface area (Å²) >= 11 is 0. The quantitative estimate of drug-likeness (QED) is 0.882. The van der Waals surface area contributed by atoms with Crippen molar-refractivity contribution < 1.29 is 23.0 Å². The maximum absolute atomic E-state index is 12.5. The van der Waals surface area contributed by atoms with Crippen LogP contribution >= 0.6 is 0 Å². The van der Waals surface area contributed by atoms with Crippen molar-refractivity contribution in [3.63, 3.8) is 0 Å². The number of benzene rings is 1. The first-order chi connectivity index (χ1) is 9.22. The molecule has 2 nitrogen and oxygen atoms in total. The highest BCUT2D eigenvalue weighted by Crippen LogP contribution is 2.47. The van der Waals surface area contributed by atoms with E-state index in [-0.39, 0.29) is 17.2 Å². The molecule has 1 aromatic rings. The third-order valence-corrected chi connectivity index (χ3v) is 4.17. The standard InChI is InChI=1S/C15H19F3O2/c1-10-7-8-14(19,11(2)9-10)12-5-3-4-6-13(12)20-15(16,17)18/h3-6,10-11,19H,7-9H2,1-2H3. The van der Waals surface area contributed by atoms with Crippen molar-refractivity contribution in [1.82, 2.24) is 0 Å². The van der Waals surface area contributed by atoms with Crippen LogP contribution < -0.4 is 4.74 Å². The van der Waals surface area contributed by atoms with Crippen molar-refractivity contribution in [3.05, 3.63) is 29.8 Å². The summed E-state index contributed by atoms with van der Waals surface area (Å²) in [6.45, 7) is 3.97. The average Bonchev–Trinajstić information content (AvgIpc) is 2.33. The van der Waals surface area contributed by atoms with Gasteiger partial charge in [0.1, 0.15) is 5.75 Å². The first-order valence-electron chi connectivity index (χ1n) is 6.80. The summed E-state index contributed by atoms with van der Waals surface area (Å²) < 4.78 is 41.5. The van der Waals surface area contributed by atoms with Gasteiger partial charge in [-0.2, -0.15) is 0 Å². The number of ether oxygens (including phenoxy) is 1. The number of aliphatic hydroxyl groups is 1. The van der Waals surface area contributed by atoms with Crippen molar-refractivity contribution in [2.45, 2.75) is 45.1 Å². The van der Waals surface area contributed by atoms with Crippen LogP contribution in [0.25, 0.3) is 0 Å². The molecule has 0 aromatic heterocycles. The Labute approximate surface area is 116 Å². The molecule has 112 valence electrons. The van der Waals surface area contributed by atoms with Gasteiger partial charge in [0.15, 0.2) is 0 Å². The Bertz CT molecular complexity index is 472. The van der Waals surface area contributed by atoms with E-state index in [1.807, 2.05) is 6.92 Å². The molecule has 5 heteroatoms. The first-order valence-corrected chi connectivity index (χ1v) is 6.80. The topological polar surface area (TPSA) is 29.5 Å². The van der Waals surface area contributed by atoms with E-state index in [0.29, 0.717) is 12.3 Å². The third kappa shape index (κ3) is 3.08. The molecule has 1 fully saturated rings. The Hall–Kier alpha value is -1.23. The van der Waals surface area contributed by atoms with Crippen LogP contribution in [0.4, 0.5) is 13.2 Å². The molecule has 0 saturated heterocycles. The van der Waals surface area contributed by atoms with Gasteiger partial charge in [0, 0.05) is 5.56 Å². The van der Waals surface area contributed by atoms with Crippen LogP contribution in [-0.2, 0) is 5.60 Å². The van der Waals surface area contributed by atoms with E-state index < -0.39 is 12.0 Å². The van der Waals surface area contributed by atoms with Crippen LogP contribution in [0.2, 0.25) is 0 Å². The van der Waals surface area contributed by atoms with Gasteiger partial charge in [0.2, 0.25) is 0 Å². The lowest BCUT2D eigenvalue weighted by Crippen LogP contribution is -2.39. The second-order valence-corrected chi connectivity index (χ2v) is 5.75. The minimum atomic E-state index is -4.75. The van der Waals surface area contributed by atoms with Gasteiger partial charge in [0.25, 0.3) is 0 Å². The van der Waals surface area contributed by atoms with Gasteiger partial charge < -0.3 is 9.84 Å². The molecule has 1 aromatic carbocycles. The summed E-state index contributed by atoms with van der Waals surface area (Å²) in [5.74, 6) is 0.0640. The van der Waals surface area contributed by atoms with E-state index >= 15 is 0 Å². The molecule has 1 aliphatic rings. The van der Waals surface area contributed by atoms with Gasteiger partial charge in [-0.25, -0.2) is 0 Å². The fraction of sp³-hybridized carbons (Fsp3) is 0.600. The molecule has 1 aliphatic carbocycles. The van der Waals surface area contributed by atoms with E-state index in [9.17, 15) is 18.3 Å². The van der Waals surface area contributed by atoms with E-state index in [4.69, 9.17) is 0 Å². The highest BCUT2D eigenvalue weighted by molar-refractivity contribution is 5.39. The number of para-hydroxylation sites is 1. The van der Waals surface area contributed by atoms with Gasteiger partial charge in [-0.15, -0.1) is 13.2 Å². The van der Waals surface area contributed by atoms with E-state index in [0.717, 1.165) is 12.8 Å². The largest absolute Gasteiger partial charge is 0.573 e. The van der Waals surface area contributed by atoms with Crippen molar-refractivity contribution in [3.8, 4) is 5.75 Å². The monoisotopic (exact) mass is 288 g/mol. The molecule has 1 saturated carbocycles. The summed E-state index contributed by atoms with van der Waals surface area (Å²) in [6, 6.07) is 5.88. The first kappa shape index (κ1) is 15.2. The molecule has 3 atom stereocenters. The normalized spacial score (nSPS) is 31.1. The van der Waals surface area contributed by atoms with Crippen LogP contribution in [0.15, 0.2) is 24.3 Å². The lowest BCUT2D eigenvalue weighted by Gasteiger charge is -2.41. The van der Waals surface area contributed by atoms with Crippen molar-refractivity contribution in [2.24, 2.45) is 11.8 Å². The molecule has 20 heavy (non-hydrogen) atoms. The maximum atomic E-state index is 12.5. The molecule has 2 rings (SSSR count). The summed E-state index contributed by atoms with van der Waals surface area (Å²) in [5, 5.41) is 10.9. The van der Waals surface area contributed by atoms with Crippen LogP contribution in [0.1, 0.15) is 38.7 Å². The fourth-order valence-electron chi connectivity index (χ4n) is 3.07. The summed E-state index contributed by atoms with van der Waals surface area (Å²) in [4.78, 5) is 0. The van der Waals surface area contributed by atoms with Crippen molar-refractivity contribution in [2.75, 3.05) is 0 Å². The van der Waals surface area contributed by atoms with Gasteiger partial charge in [-0.1, -0.05) is 32.0 Å². The molecule has 0 amide bonds. The van der Waals surface area contributed by atoms with Crippen LogP contribution in [0.5, 0.6) is 5.75 Å². The molecule has 0 spiro atoms. The molecule has 1 N–H and O–H groups in total. The highest BCUT2D eigenvalue weighted by atomic mass is 19.4. The summed E-state index contributed by atoms with van der Waals surface area (Å²) in [5.41, 5.74) is -1.02. The van der Waals surface area contributed by atoms with Crippen molar-refractivity contribution >= 4 is 0 Å². The Kier molecular flexibility index (Phi) is 4.00. The van der Waals surface area contributed by atoms with Crippen LogP contribution in [0, 0.1) is 11.8 Å². The minimum absolute atomic E-state index is 0.107. The zero-order valence-electron chi connectivity index (χ0n) is 11.6. The van der Waals surface area contributed by atoms with Crippen molar-refractivity contribution in [1.29, 1.82) is 0 Å². The van der Waals surface area contributed by atoms with E-state index in [1.54, 1.807) is 6.07 Å². The number of rotatable bonds is 2. The predicted molar refractivity (Wildman–Crippen MR) is 69.2 cm³/mol. The highest BCUT2D eigenvalue weighted by Gasteiger charge is 2.43. The Balaban J connectivity index is 2.36. The lowest BCUT2D eigenvalue weighted by molar-refractivity contribution is -0.275. The smallest absolute Gasteiger partial charge is 0.405 e.